The number of aromatic nitrogens is 4. The molecule has 0 amide bonds. The van der Waals surface area contributed by atoms with Crippen molar-refractivity contribution >= 4 is 5.82 Å². The van der Waals surface area contributed by atoms with Gasteiger partial charge in [-0.3, -0.25) is 4.79 Å². The standard InChI is InChI=1S/C26H30N6O2/c1-16(2)32-15-19(9-10-23(32)33)21-14-28-25(27)24(30-21)22-12-20(31-34-22)18-8-6-7-17(11-18)13-29-26(3,4)5/h6-12,14-16,29H,13H2,1-5H3,(H2,27,28). The molecule has 176 valence electrons. The number of hydrogen-bond donors (Lipinski definition) is 2. The lowest BCUT2D eigenvalue weighted by Gasteiger charge is -2.20. The molecule has 0 aliphatic carbocycles. The van der Waals surface area contributed by atoms with Gasteiger partial charge in [0.1, 0.15) is 5.69 Å². The van der Waals surface area contributed by atoms with Crippen molar-refractivity contribution in [1.29, 1.82) is 0 Å². The van der Waals surface area contributed by atoms with Gasteiger partial charge < -0.3 is 20.1 Å². The van der Waals surface area contributed by atoms with E-state index in [9.17, 15) is 4.79 Å². The molecule has 34 heavy (non-hydrogen) atoms. The van der Waals surface area contributed by atoms with Crippen LogP contribution >= 0.6 is 0 Å². The second-order valence-electron chi connectivity index (χ2n) is 9.63. The lowest BCUT2D eigenvalue weighted by molar-refractivity contribution is 0.424. The minimum absolute atomic E-state index is 0.0276. The van der Waals surface area contributed by atoms with E-state index in [1.807, 2.05) is 32.0 Å². The second kappa shape index (κ2) is 9.23. The van der Waals surface area contributed by atoms with E-state index in [0.717, 1.165) is 23.2 Å². The summed E-state index contributed by atoms with van der Waals surface area (Å²) >= 11 is 0. The van der Waals surface area contributed by atoms with E-state index in [1.54, 1.807) is 23.0 Å². The van der Waals surface area contributed by atoms with Crippen LogP contribution in [0, 0.1) is 0 Å². The zero-order chi connectivity index (χ0) is 24.5. The highest BCUT2D eigenvalue weighted by atomic mass is 16.5. The van der Waals surface area contributed by atoms with E-state index in [2.05, 4.69) is 53.3 Å². The van der Waals surface area contributed by atoms with Gasteiger partial charge >= 0.3 is 0 Å². The minimum atomic E-state index is -0.0674. The van der Waals surface area contributed by atoms with Crippen molar-refractivity contribution in [3.8, 4) is 34.0 Å². The van der Waals surface area contributed by atoms with Crippen LogP contribution in [0.2, 0.25) is 0 Å². The van der Waals surface area contributed by atoms with Gasteiger partial charge in [-0.05, 0) is 52.3 Å². The first-order valence-corrected chi connectivity index (χ1v) is 11.3. The molecule has 0 bridgehead atoms. The molecule has 0 saturated heterocycles. The van der Waals surface area contributed by atoms with Gasteiger partial charge in [-0.25, -0.2) is 9.97 Å². The van der Waals surface area contributed by atoms with Crippen molar-refractivity contribution in [3.05, 3.63) is 70.8 Å². The quantitative estimate of drug-likeness (QED) is 0.431. The molecular weight excluding hydrogens is 428 g/mol. The average molecular weight is 459 g/mol. The fourth-order valence-corrected chi connectivity index (χ4v) is 3.51. The van der Waals surface area contributed by atoms with Gasteiger partial charge in [0.25, 0.3) is 5.56 Å². The molecule has 0 atom stereocenters. The number of nitrogens with zero attached hydrogens (tertiary/aromatic N) is 4. The maximum atomic E-state index is 12.1. The van der Waals surface area contributed by atoms with Crippen molar-refractivity contribution in [2.24, 2.45) is 0 Å². The van der Waals surface area contributed by atoms with Crippen LogP contribution < -0.4 is 16.6 Å². The van der Waals surface area contributed by atoms with Crippen LogP contribution in [-0.2, 0) is 6.54 Å². The number of hydrogen-bond acceptors (Lipinski definition) is 7. The molecule has 0 unspecified atom stereocenters. The monoisotopic (exact) mass is 458 g/mol. The van der Waals surface area contributed by atoms with Gasteiger partial charge in [-0.1, -0.05) is 23.4 Å². The number of nitrogens with one attached hydrogen (secondary N) is 1. The minimum Gasteiger partial charge on any atom is -0.382 e. The molecule has 3 N–H and O–H groups in total. The van der Waals surface area contributed by atoms with Crippen LogP contribution in [-0.4, -0.2) is 25.2 Å². The van der Waals surface area contributed by atoms with Crippen LogP contribution in [0.1, 0.15) is 46.2 Å². The summed E-state index contributed by atoms with van der Waals surface area (Å²) < 4.78 is 7.26. The van der Waals surface area contributed by atoms with Crippen LogP contribution in [0.3, 0.4) is 0 Å². The number of rotatable bonds is 6. The molecule has 0 spiro atoms. The Balaban J connectivity index is 1.65. The SMILES string of the molecule is CC(C)n1cc(-c2cnc(N)c(-c3cc(-c4cccc(CNC(C)(C)C)c4)no3)n2)ccc1=O. The topological polar surface area (TPSA) is 112 Å². The predicted molar refractivity (Wildman–Crippen MR) is 134 cm³/mol. The number of benzene rings is 1. The smallest absolute Gasteiger partial charge is 0.250 e. The Morgan fingerprint density at radius 1 is 1.09 bits per heavy atom. The summed E-state index contributed by atoms with van der Waals surface area (Å²) in [6, 6.07) is 13.3. The molecule has 4 aromatic rings. The van der Waals surface area contributed by atoms with Crippen LogP contribution in [0.25, 0.3) is 34.0 Å². The largest absolute Gasteiger partial charge is 0.382 e. The van der Waals surface area contributed by atoms with E-state index in [4.69, 9.17) is 10.3 Å². The summed E-state index contributed by atoms with van der Waals surface area (Å²) in [5, 5.41) is 7.73. The molecule has 0 saturated carbocycles. The maximum absolute atomic E-state index is 12.1. The number of nitrogens with two attached hydrogens (primary N) is 1. The molecule has 8 heteroatoms. The highest BCUT2D eigenvalue weighted by Gasteiger charge is 2.16. The van der Waals surface area contributed by atoms with Crippen molar-refractivity contribution in [1.82, 2.24) is 25.0 Å². The van der Waals surface area contributed by atoms with Crippen molar-refractivity contribution in [3.63, 3.8) is 0 Å². The molecule has 0 aliphatic heterocycles. The molecular formula is C26H30N6O2. The van der Waals surface area contributed by atoms with Crippen LogP contribution in [0.15, 0.2) is 64.2 Å². The highest BCUT2D eigenvalue weighted by Crippen LogP contribution is 2.30. The first-order valence-electron chi connectivity index (χ1n) is 11.3. The normalized spacial score (nSPS) is 11.8. The molecule has 3 aromatic heterocycles. The van der Waals surface area contributed by atoms with Gasteiger partial charge in [-0.15, -0.1) is 0 Å². The summed E-state index contributed by atoms with van der Waals surface area (Å²) in [7, 11) is 0. The van der Waals surface area contributed by atoms with Crippen LogP contribution in [0.5, 0.6) is 0 Å². The molecule has 1 aromatic carbocycles. The maximum Gasteiger partial charge on any atom is 0.250 e. The van der Waals surface area contributed by atoms with E-state index in [0.29, 0.717) is 22.8 Å². The van der Waals surface area contributed by atoms with Gasteiger partial charge in [0.05, 0.1) is 11.9 Å². The third-order valence-corrected chi connectivity index (χ3v) is 5.38. The van der Waals surface area contributed by atoms with Gasteiger partial charge in [0.15, 0.2) is 17.3 Å². The number of anilines is 1. The summed E-state index contributed by atoms with van der Waals surface area (Å²) in [5.74, 6) is 0.670. The Labute approximate surface area is 198 Å². The second-order valence-corrected chi connectivity index (χ2v) is 9.63. The Kier molecular flexibility index (Phi) is 6.34. The predicted octanol–water partition coefficient (Wildman–Crippen LogP) is 4.68. The lowest BCUT2D eigenvalue weighted by atomic mass is 10.1. The third-order valence-electron chi connectivity index (χ3n) is 5.38. The fraction of sp³-hybridized carbons (Fsp3) is 0.308. The highest BCUT2D eigenvalue weighted by molar-refractivity contribution is 5.73. The zero-order valence-corrected chi connectivity index (χ0v) is 20.2. The Bertz CT molecular complexity index is 1360. The summed E-state index contributed by atoms with van der Waals surface area (Å²) in [5.41, 5.74) is 10.6. The fourth-order valence-electron chi connectivity index (χ4n) is 3.51. The average Bonchev–Trinajstić information content (AvgIpc) is 3.28. The van der Waals surface area contributed by atoms with Crippen LogP contribution in [0.4, 0.5) is 5.82 Å². The van der Waals surface area contributed by atoms with E-state index < -0.39 is 0 Å². The molecule has 4 rings (SSSR count). The van der Waals surface area contributed by atoms with E-state index in [1.165, 1.54) is 6.07 Å². The number of nitrogen functional groups attached to an aromatic ring is 1. The molecule has 0 radical (unpaired) electrons. The van der Waals surface area contributed by atoms with Crippen molar-refractivity contribution in [2.75, 3.05) is 5.73 Å². The molecule has 0 fully saturated rings. The molecule has 3 heterocycles. The molecule has 8 nitrogen and oxygen atoms in total. The summed E-state index contributed by atoms with van der Waals surface area (Å²) in [6.07, 6.45) is 3.37. The molecule has 0 aliphatic rings. The lowest BCUT2D eigenvalue weighted by Crippen LogP contribution is -2.35. The van der Waals surface area contributed by atoms with E-state index in [-0.39, 0.29) is 23.0 Å². The van der Waals surface area contributed by atoms with E-state index >= 15 is 0 Å². The zero-order valence-electron chi connectivity index (χ0n) is 20.2. The number of pyridine rings is 1. The third kappa shape index (κ3) is 5.23. The van der Waals surface area contributed by atoms with Crippen molar-refractivity contribution < 1.29 is 4.52 Å². The summed E-state index contributed by atoms with van der Waals surface area (Å²) in [6.45, 7) is 11.1. The first-order chi connectivity index (χ1) is 16.1. The van der Waals surface area contributed by atoms with Gasteiger partial charge in [-0.2, -0.15) is 0 Å². The van der Waals surface area contributed by atoms with Crippen molar-refractivity contribution in [2.45, 2.75) is 52.7 Å². The first kappa shape index (κ1) is 23.4. The van der Waals surface area contributed by atoms with Gasteiger partial charge in [0.2, 0.25) is 0 Å². The summed E-state index contributed by atoms with van der Waals surface area (Å²) in [4.78, 5) is 21.1. The Hall–Kier alpha value is -3.78. The Morgan fingerprint density at radius 3 is 2.62 bits per heavy atom. The van der Waals surface area contributed by atoms with Gasteiger partial charge in [0, 0.05) is 47.6 Å². The Morgan fingerprint density at radius 2 is 1.88 bits per heavy atom.